The van der Waals surface area contributed by atoms with Crippen LogP contribution < -0.4 is 15.5 Å². The lowest BCUT2D eigenvalue weighted by Gasteiger charge is -2.27. The minimum atomic E-state index is -0.520. The number of amides is 2. The van der Waals surface area contributed by atoms with E-state index in [1.807, 2.05) is 23.9 Å². The van der Waals surface area contributed by atoms with E-state index in [1.54, 1.807) is 6.20 Å². The second-order valence-electron chi connectivity index (χ2n) is 5.56. The fourth-order valence-electron chi connectivity index (χ4n) is 2.47. The highest BCUT2D eigenvalue weighted by atomic mass is 35.5. The van der Waals surface area contributed by atoms with E-state index in [0.717, 1.165) is 36.0 Å². The molecule has 0 spiro atoms. The first-order valence-electron chi connectivity index (χ1n) is 7.89. The zero-order valence-electron chi connectivity index (χ0n) is 13.5. The molecule has 3 rings (SSSR count). The summed E-state index contributed by atoms with van der Waals surface area (Å²) >= 11 is 7.65. The third-order valence-electron chi connectivity index (χ3n) is 3.78. The second kappa shape index (κ2) is 8.40. The molecule has 2 N–H and O–H groups in total. The monoisotopic (exact) mass is 380 g/mol. The van der Waals surface area contributed by atoms with Gasteiger partial charge in [0.25, 0.3) is 0 Å². The maximum atomic E-state index is 13.1. The molecule has 0 bridgehead atoms. The molecular weight excluding hydrogens is 363 g/mol. The van der Waals surface area contributed by atoms with Gasteiger partial charge in [-0.2, -0.15) is 11.8 Å². The summed E-state index contributed by atoms with van der Waals surface area (Å²) < 4.78 is 13.1. The Morgan fingerprint density at radius 3 is 2.84 bits per heavy atom. The molecule has 1 aromatic carbocycles. The van der Waals surface area contributed by atoms with Crippen molar-refractivity contribution in [2.45, 2.75) is 6.54 Å². The van der Waals surface area contributed by atoms with Gasteiger partial charge >= 0.3 is 6.03 Å². The minimum absolute atomic E-state index is 0.0312. The van der Waals surface area contributed by atoms with Crippen molar-refractivity contribution in [1.29, 1.82) is 0 Å². The second-order valence-corrected chi connectivity index (χ2v) is 7.19. The first kappa shape index (κ1) is 17.8. The number of carbonyl (C=O) groups excluding carboxylic acids is 1. The van der Waals surface area contributed by atoms with Crippen molar-refractivity contribution in [3.05, 3.63) is 52.9 Å². The summed E-state index contributed by atoms with van der Waals surface area (Å²) in [5.74, 6) is 2.62. The third-order valence-corrected chi connectivity index (χ3v) is 5.01. The Kier molecular flexibility index (Phi) is 5.99. The van der Waals surface area contributed by atoms with Crippen molar-refractivity contribution in [2.24, 2.45) is 0 Å². The number of halogens is 2. The highest BCUT2D eigenvalue weighted by molar-refractivity contribution is 7.99. The molecule has 1 saturated heterocycles. The summed E-state index contributed by atoms with van der Waals surface area (Å²) in [7, 11) is 0. The molecule has 1 fully saturated rings. The number of carbonyl (C=O) groups is 1. The average molecular weight is 381 g/mol. The van der Waals surface area contributed by atoms with Crippen LogP contribution in [0.1, 0.15) is 5.56 Å². The molecule has 8 heteroatoms. The van der Waals surface area contributed by atoms with Gasteiger partial charge < -0.3 is 15.5 Å². The number of nitrogens with one attached hydrogen (secondary N) is 2. The van der Waals surface area contributed by atoms with Gasteiger partial charge in [-0.15, -0.1) is 0 Å². The number of hydrogen-bond acceptors (Lipinski definition) is 4. The van der Waals surface area contributed by atoms with E-state index >= 15 is 0 Å². The number of pyridine rings is 1. The van der Waals surface area contributed by atoms with Crippen LogP contribution in [0.3, 0.4) is 0 Å². The summed E-state index contributed by atoms with van der Waals surface area (Å²) in [6.45, 7) is 2.35. The molecule has 1 aliphatic rings. The van der Waals surface area contributed by atoms with E-state index in [0.29, 0.717) is 12.2 Å². The Morgan fingerprint density at radius 1 is 1.28 bits per heavy atom. The molecule has 2 aromatic rings. The first-order valence-corrected chi connectivity index (χ1v) is 9.42. The normalized spacial score (nSPS) is 14.2. The predicted octanol–water partition coefficient (Wildman–Crippen LogP) is 3.75. The van der Waals surface area contributed by atoms with Crippen LogP contribution in [0.4, 0.5) is 20.7 Å². The fourth-order valence-corrected chi connectivity index (χ4v) is 3.55. The predicted molar refractivity (Wildman–Crippen MR) is 101 cm³/mol. The molecule has 1 aliphatic heterocycles. The molecule has 5 nitrogen and oxygen atoms in total. The smallest absolute Gasteiger partial charge is 0.319 e. The van der Waals surface area contributed by atoms with E-state index in [2.05, 4.69) is 20.5 Å². The maximum Gasteiger partial charge on any atom is 0.319 e. The van der Waals surface area contributed by atoms with Crippen LogP contribution in [0.2, 0.25) is 5.02 Å². The van der Waals surface area contributed by atoms with Gasteiger partial charge in [-0.1, -0.05) is 11.6 Å². The zero-order valence-corrected chi connectivity index (χ0v) is 15.0. The standard InChI is InChI=1S/C17H18ClFN4OS/c18-14-10-13(1-2-15(14)19)22-17(24)21-11-12-3-4-20-16(9-12)23-5-7-25-8-6-23/h1-4,9-10H,5-8,11H2,(H2,21,22,24). The number of benzene rings is 1. The Hall–Kier alpha value is -1.99. The van der Waals surface area contributed by atoms with Gasteiger partial charge in [0.05, 0.1) is 5.02 Å². The lowest BCUT2D eigenvalue weighted by atomic mass is 10.2. The minimum Gasteiger partial charge on any atom is -0.355 e. The van der Waals surface area contributed by atoms with E-state index in [9.17, 15) is 9.18 Å². The summed E-state index contributed by atoms with van der Waals surface area (Å²) in [6, 6.07) is 7.52. The summed E-state index contributed by atoms with van der Waals surface area (Å²) in [5, 5.41) is 5.37. The highest BCUT2D eigenvalue weighted by Crippen LogP contribution is 2.20. The number of aromatic nitrogens is 1. The third kappa shape index (κ3) is 4.99. The van der Waals surface area contributed by atoms with Gasteiger partial charge in [-0.05, 0) is 35.9 Å². The Bertz CT molecular complexity index is 755. The van der Waals surface area contributed by atoms with Crippen molar-refractivity contribution in [1.82, 2.24) is 10.3 Å². The Labute approximate surface area is 155 Å². The molecule has 0 saturated carbocycles. The number of anilines is 2. The molecule has 1 aromatic heterocycles. The molecule has 0 atom stereocenters. The van der Waals surface area contributed by atoms with Crippen molar-refractivity contribution >= 4 is 40.9 Å². The van der Waals surface area contributed by atoms with Crippen molar-refractivity contribution < 1.29 is 9.18 Å². The quantitative estimate of drug-likeness (QED) is 0.848. The highest BCUT2D eigenvalue weighted by Gasteiger charge is 2.12. The molecule has 0 radical (unpaired) electrons. The number of urea groups is 1. The van der Waals surface area contributed by atoms with Crippen LogP contribution in [-0.4, -0.2) is 35.6 Å². The van der Waals surface area contributed by atoms with Gasteiger partial charge in [0, 0.05) is 43.0 Å². The summed E-state index contributed by atoms with van der Waals surface area (Å²) in [6.07, 6.45) is 1.76. The fraction of sp³-hybridized carbons (Fsp3) is 0.294. The Balaban J connectivity index is 1.55. The molecule has 2 heterocycles. The largest absolute Gasteiger partial charge is 0.355 e. The number of nitrogens with zero attached hydrogens (tertiary/aromatic N) is 2. The molecule has 132 valence electrons. The van der Waals surface area contributed by atoms with Gasteiger partial charge in [-0.25, -0.2) is 14.2 Å². The van der Waals surface area contributed by atoms with Gasteiger partial charge in [0.2, 0.25) is 0 Å². The molecule has 0 unspecified atom stereocenters. The summed E-state index contributed by atoms with van der Waals surface area (Å²) in [5.41, 5.74) is 1.40. The van der Waals surface area contributed by atoms with E-state index in [4.69, 9.17) is 11.6 Å². The van der Waals surface area contributed by atoms with Crippen LogP contribution in [0, 0.1) is 5.82 Å². The van der Waals surface area contributed by atoms with Crippen molar-refractivity contribution in [3.63, 3.8) is 0 Å². The van der Waals surface area contributed by atoms with Crippen LogP contribution in [0.5, 0.6) is 0 Å². The van der Waals surface area contributed by atoms with Crippen LogP contribution >= 0.6 is 23.4 Å². The van der Waals surface area contributed by atoms with Crippen LogP contribution in [-0.2, 0) is 6.54 Å². The van der Waals surface area contributed by atoms with Gasteiger partial charge in [-0.3, -0.25) is 0 Å². The Morgan fingerprint density at radius 2 is 2.08 bits per heavy atom. The number of rotatable bonds is 4. The van der Waals surface area contributed by atoms with Crippen molar-refractivity contribution in [3.8, 4) is 0 Å². The van der Waals surface area contributed by atoms with E-state index in [1.165, 1.54) is 18.2 Å². The lowest BCUT2D eigenvalue weighted by Crippen LogP contribution is -2.33. The zero-order chi connectivity index (χ0) is 17.6. The van der Waals surface area contributed by atoms with E-state index in [-0.39, 0.29) is 11.1 Å². The molecular formula is C17H18ClFN4OS. The topological polar surface area (TPSA) is 57.3 Å². The SMILES string of the molecule is O=C(NCc1ccnc(N2CCSCC2)c1)Nc1ccc(F)c(Cl)c1. The van der Waals surface area contributed by atoms with Crippen LogP contribution in [0.15, 0.2) is 36.5 Å². The maximum absolute atomic E-state index is 13.1. The van der Waals surface area contributed by atoms with Gasteiger partial charge in [0.15, 0.2) is 0 Å². The number of thioether (sulfide) groups is 1. The van der Waals surface area contributed by atoms with E-state index < -0.39 is 5.82 Å². The van der Waals surface area contributed by atoms with Crippen molar-refractivity contribution in [2.75, 3.05) is 34.8 Å². The average Bonchev–Trinajstić information content (AvgIpc) is 2.64. The molecule has 25 heavy (non-hydrogen) atoms. The lowest BCUT2D eigenvalue weighted by molar-refractivity contribution is 0.251. The number of hydrogen-bond donors (Lipinski definition) is 2. The first-order chi connectivity index (χ1) is 12.1. The molecule has 2 amide bonds. The molecule has 0 aliphatic carbocycles. The van der Waals surface area contributed by atoms with Crippen LogP contribution in [0.25, 0.3) is 0 Å². The summed E-state index contributed by atoms with van der Waals surface area (Å²) in [4.78, 5) is 18.6. The van der Waals surface area contributed by atoms with Gasteiger partial charge in [0.1, 0.15) is 11.6 Å².